The Hall–Kier alpha value is -1.42. The van der Waals surface area contributed by atoms with Crippen LogP contribution in [-0.4, -0.2) is 24.0 Å². The fraction of sp³-hybridized carbons (Fsp3) is 0.600. The molecule has 4 nitrogen and oxygen atoms in total. The average Bonchev–Trinajstić information content (AvgIpc) is 2.37. The summed E-state index contributed by atoms with van der Waals surface area (Å²) in [6.45, 7) is 9.29. The summed E-state index contributed by atoms with van der Waals surface area (Å²) in [5.74, 6) is 0.0485. The van der Waals surface area contributed by atoms with Gasteiger partial charge in [0.05, 0.1) is 0 Å². The van der Waals surface area contributed by atoms with Crippen molar-refractivity contribution in [1.29, 1.82) is 0 Å². The van der Waals surface area contributed by atoms with Crippen molar-refractivity contribution in [1.82, 2.24) is 10.3 Å². The molecule has 0 aliphatic carbocycles. The van der Waals surface area contributed by atoms with E-state index < -0.39 is 0 Å². The van der Waals surface area contributed by atoms with E-state index in [9.17, 15) is 4.79 Å². The lowest BCUT2D eigenvalue weighted by Gasteiger charge is -2.27. The molecule has 19 heavy (non-hydrogen) atoms. The molecule has 0 spiro atoms. The first-order valence-corrected chi connectivity index (χ1v) is 6.64. The van der Waals surface area contributed by atoms with Crippen molar-refractivity contribution in [2.75, 3.05) is 13.1 Å². The number of nitrogens with one attached hydrogen (secondary N) is 1. The number of rotatable bonds is 6. The Labute approximate surface area is 115 Å². The van der Waals surface area contributed by atoms with Gasteiger partial charge in [-0.2, -0.15) is 0 Å². The second kappa shape index (κ2) is 6.15. The van der Waals surface area contributed by atoms with Gasteiger partial charge in [-0.3, -0.25) is 9.78 Å². The number of pyridine rings is 1. The topological polar surface area (TPSA) is 68.0 Å². The van der Waals surface area contributed by atoms with E-state index in [1.54, 1.807) is 6.20 Å². The van der Waals surface area contributed by atoms with E-state index >= 15 is 0 Å². The molecule has 0 saturated heterocycles. The molecule has 1 rings (SSSR count). The zero-order valence-corrected chi connectivity index (χ0v) is 12.4. The first kappa shape index (κ1) is 15.6. The van der Waals surface area contributed by atoms with Crippen molar-refractivity contribution in [2.45, 2.75) is 39.5 Å². The molecule has 1 heterocycles. The lowest BCUT2D eigenvalue weighted by molar-refractivity contribution is -0.123. The summed E-state index contributed by atoms with van der Waals surface area (Å²) in [6.07, 6.45) is 4.05. The minimum atomic E-state index is -0.150. The SMILES string of the molecule is CC(C)(CN)CC(=O)NCC(C)(C)c1cccnc1. The zero-order valence-electron chi connectivity index (χ0n) is 12.4. The van der Waals surface area contributed by atoms with Gasteiger partial charge in [0.2, 0.25) is 5.91 Å². The Bertz CT molecular complexity index is 413. The Morgan fingerprint density at radius 2 is 2.05 bits per heavy atom. The number of nitrogens with zero attached hydrogens (tertiary/aromatic N) is 1. The quantitative estimate of drug-likeness (QED) is 0.823. The number of hydrogen-bond acceptors (Lipinski definition) is 3. The zero-order chi connectivity index (χ0) is 14.5. The molecule has 3 N–H and O–H groups in total. The molecule has 0 fully saturated rings. The van der Waals surface area contributed by atoms with Crippen LogP contribution in [0.25, 0.3) is 0 Å². The van der Waals surface area contributed by atoms with E-state index in [0.717, 1.165) is 5.56 Å². The van der Waals surface area contributed by atoms with Crippen molar-refractivity contribution < 1.29 is 4.79 Å². The summed E-state index contributed by atoms with van der Waals surface area (Å²) in [5.41, 5.74) is 6.48. The van der Waals surface area contributed by atoms with Crippen LogP contribution in [0.4, 0.5) is 0 Å². The fourth-order valence-corrected chi connectivity index (χ4v) is 1.75. The van der Waals surface area contributed by atoms with Crippen LogP contribution >= 0.6 is 0 Å². The lowest BCUT2D eigenvalue weighted by atomic mass is 9.85. The standard InChI is InChI=1S/C15H25N3O/c1-14(2,10-16)8-13(19)18-11-15(3,4)12-6-5-7-17-9-12/h5-7,9H,8,10-11,16H2,1-4H3,(H,18,19). The van der Waals surface area contributed by atoms with Gasteiger partial charge in [0.25, 0.3) is 0 Å². The molecular formula is C15H25N3O. The van der Waals surface area contributed by atoms with Crippen LogP contribution < -0.4 is 11.1 Å². The highest BCUT2D eigenvalue weighted by molar-refractivity contribution is 5.76. The van der Waals surface area contributed by atoms with Crippen LogP contribution in [-0.2, 0) is 10.2 Å². The van der Waals surface area contributed by atoms with Crippen LogP contribution in [0.5, 0.6) is 0 Å². The lowest BCUT2D eigenvalue weighted by Crippen LogP contribution is -2.39. The van der Waals surface area contributed by atoms with Gasteiger partial charge >= 0.3 is 0 Å². The molecule has 1 aromatic rings. The number of carbonyl (C=O) groups excluding carboxylic acids is 1. The number of carbonyl (C=O) groups is 1. The monoisotopic (exact) mass is 263 g/mol. The highest BCUT2D eigenvalue weighted by atomic mass is 16.1. The van der Waals surface area contributed by atoms with Crippen molar-refractivity contribution in [2.24, 2.45) is 11.1 Å². The summed E-state index contributed by atoms with van der Waals surface area (Å²) in [7, 11) is 0. The first-order chi connectivity index (χ1) is 8.77. The normalized spacial score (nSPS) is 12.3. The fourth-order valence-electron chi connectivity index (χ4n) is 1.75. The van der Waals surface area contributed by atoms with Gasteiger partial charge in [0.1, 0.15) is 0 Å². The molecule has 1 aromatic heterocycles. The minimum absolute atomic E-state index is 0.0485. The number of hydrogen-bond donors (Lipinski definition) is 2. The van der Waals surface area contributed by atoms with E-state index in [-0.39, 0.29) is 16.7 Å². The Kier molecular flexibility index (Phi) is 5.06. The van der Waals surface area contributed by atoms with E-state index in [1.165, 1.54) is 0 Å². The molecule has 106 valence electrons. The van der Waals surface area contributed by atoms with Gasteiger partial charge in [-0.1, -0.05) is 33.8 Å². The van der Waals surface area contributed by atoms with Crippen molar-refractivity contribution >= 4 is 5.91 Å². The van der Waals surface area contributed by atoms with Crippen LogP contribution in [0.2, 0.25) is 0 Å². The van der Waals surface area contributed by atoms with Crippen molar-refractivity contribution in [3.63, 3.8) is 0 Å². The van der Waals surface area contributed by atoms with Gasteiger partial charge < -0.3 is 11.1 Å². The molecule has 1 amide bonds. The van der Waals surface area contributed by atoms with Crippen LogP contribution in [0.15, 0.2) is 24.5 Å². The summed E-state index contributed by atoms with van der Waals surface area (Å²) in [5, 5.41) is 2.99. The summed E-state index contributed by atoms with van der Waals surface area (Å²) >= 11 is 0. The summed E-state index contributed by atoms with van der Waals surface area (Å²) in [4.78, 5) is 16.0. The van der Waals surface area contributed by atoms with Crippen LogP contribution in [0.3, 0.4) is 0 Å². The third-order valence-corrected chi connectivity index (χ3v) is 3.36. The second-order valence-corrected chi connectivity index (χ2v) is 6.45. The van der Waals surface area contributed by atoms with Crippen molar-refractivity contribution in [3.8, 4) is 0 Å². The van der Waals surface area contributed by atoms with Gasteiger partial charge in [-0.15, -0.1) is 0 Å². The van der Waals surface area contributed by atoms with Gasteiger partial charge in [-0.25, -0.2) is 0 Å². The van der Waals surface area contributed by atoms with E-state index in [2.05, 4.69) is 24.1 Å². The average molecular weight is 263 g/mol. The van der Waals surface area contributed by atoms with E-state index in [4.69, 9.17) is 5.73 Å². The molecule has 0 aliphatic heterocycles. The largest absolute Gasteiger partial charge is 0.355 e. The van der Waals surface area contributed by atoms with E-state index in [0.29, 0.717) is 19.5 Å². The Morgan fingerprint density at radius 3 is 2.58 bits per heavy atom. The molecular weight excluding hydrogens is 238 g/mol. The summed E-state index contributed by atoms with van der Waals surface area (Å²) in [6, 6.07) is 3.94. The maximum absolute atomic E-state index is 11.9. The Balaban J connectivity index is 2.55. The highest BCUT2D eigenvalue weighted by Crippen LogP contribution is 2.22. The molecule has 0 bridgehead atoms. The van der Waals surface area contributed by atoms with Crippen LogP contribution in [0.1, 0.15) is 39.7 Å². The minimum Gasteiger partial charge on any atom is -0.355 e. The number of aromatic nitrogens is 1. The molecule has 0 saturated carbocycles. The predicted octanol–water partition coefficient (Wildman–Crippen LogP) is 1.85. The van der Waals surface area contributed by atoms with Gasteiger partial charge in [0, 0.05) is 30.8 Å². The maximum atomic E-state index is 11.9. The highest BCUT2D eigenvalue weighted by Gasteiger charge is 2.24. The second-order valence-electron chi connectivity index (χ2n) is 6.45. The number of amides is 1. The third kappa shape index (κ3) is 4.99. The van der Waals surface area contributed by atoms with Crippen molar-refractivity contribution in [3.05, 3.63) is 30.1 Å². The first-order valence-electron chi connectivity index (χ1n) is 6.64. The molecule has 0 aromatic carbocycles. The molecule has 0 atom stereocenters. The molecule has 0 radical (unpaired) electrons. The smallest absolute Gasteiger partial charge is 0.220 e. The summed E-state index contributed by atoms with van der Waals surface area (Å²) < 4.78 is 0. The third-order valence-electron chi connectivity index (χ3n) is 3.36. The molecule has 0 unspecified atom stereocenters. The molecule has 0 aliphatic rings. The molecule has 4 heteroatoms. The Morgan fingerprint density at radius 1 is 1.37 bits per heavy atom. The van der Waals surface area contributed by atoms with Crippen LogP contribution in [0, 0.1) is 5.41 Å². The number of nitrogens with two attached hydrogens (primary N) is 1. The predicted molar refractivity (Wildman–Crippen MR) is 77.7 cm³/mol. The van der Waals surface area contributed by atoms with Gasteiger partial charge in [0.15, 0.2) is 0 Å². The maximum Gasteiger partial charge on any atom is 0.220 e. The van der Waals surface area contributed by atoms with E-state index in [1.807, 2.05) is 32.2 Å². The van der Waals surface area contributed by atoms with Gasteiger partial charge in [-0.05, 0) is 23.6 Å².